The molecule has 0 saturated carbocycles. The van der Waals surface area contributed by atoms with Crippen LogP contribution in [0.4, 0.5) is 33.3 Å². The van der Waals surface area contributed by atoms with E-state index >= 15 is 0 Å². The lowest BCUT2D eigenvalue weighted by Gasteiger charge is -2.18. The number of carbonyl (C=O) groups excluding carboxylic acids is 1. The maximum absolute atomic E-state index is 12.7. The van der Waals surface area contributed by atoms with Crippen LogP contribution in [0.25, 0.3) is 0 Å². The first-order valence-electron chi connectivity index (χ1n) is 8.47. The normalized spacial score (nSPS) is 12.7. The predicted molar refractivity (Wildman–Crippen MR) is 93.3 cm³/mol. The van der Waals surface area contributed by atoms with Crippen LogP contribution in [0, 0.1) is 5.92 Å². The summed E-state index contributed by atoms with van der Waals surface area (Å²) in [5.41, 5.74) is 6.32. The first-order chi connectivity index (χ1) is 12.6. The van der Waals surface area contributed by atoms with Crippen molar-refractivity contribution in [1.29, 1.82) is 0 Å². The lowest BCUT2D eigenvalue weighted by molar-refractivity contribution is -0.177. The van der Waals surface area contributed by atoms with Crippen molar-refractivity contribution in [3.8, 4) is 5.75 Å². The number of anilines is 2. The summed E-state index contributed by atoms with van der Waals surface area (Å²) in [5, 5.41) is 5.22. The molecule has 0 aromatic heterocycles. The molecule has 5 nitrogen and oxygen atoms in total. The molecule has 0 fully saturated rings. The molecule has 0 aliphatic heterocycles. The van der Waals surface area contributed by atoms with E-state index in [9.17, 15) is 26.7 Å². The van der Waals surface area contributed by atoms with Gasteiger partial charge in [0.25, 0.3) is 12.3 Å². The summed E-state index contributed by atoms with van der Waals surface area (Å²) in [7, 11) is 1.56. The molecule has 10 heteroatoms. The number of halogens is 5. The number of hydrogen-bond donors (Lipinski definition) is 3. The molecule has 0 saturated heterocycles. The third-order valence-corrected chi connectivity index (χ3v) is 4.00. The summed E-state index contributed by atoms with van der Waals surface area (Å²) in [4.78, 5) is 12.3. The van der Waals surface area contributed by atoms with E-state index < -0.39 is 31.0 Å². The number of carbonyl (C=O) groups is 1. The van der Waals surface area contributed by atoms with Gasteiger partial charge in [-0.05, 0) is 25.3 Å². The van der Waals surface area contributed by atoms with Crippen LogP contribution in [-0.4, -0.2) is 38.7 Å². The van der Waals surface area contributed by atoms with Gasteiger partial charge in [-0.15, -0.1) is 0 Å². The van der Waals surface area contributed by atoms with Gasteiger partial charge in [0.15, 0.2) is 0 Å². The molecule has 1 rings (SSSR count). The fourth-order valence-electron chi connectivity index (χ4n) is 2.51. The number of ether oxygens (including phenoxy) is 1. The molecule has 1 unspecified atom stereocenters. The summed E-state index contributed by atoms with van der Waals surface area (Å²) in [6.45, 7) is 0.556. The number of alkyl halides is 5. The van der Waals surface area contributed by atoms with Crippen molar-refractivity contribution >= 4 is 17.3 Å². The minimum absolute atomic E-state index is 0.00733. The minimum atomic E-state index is -4.27. The van der Waals surface area contributed by atoms with E-state index in [2.05, 4.69) is 10.6 Å². The average Bonchev–Trinajstić information content (AvgIpc) is 2.58. The van der Waals surface area contributed by atoms with Gasteiger partial charge in [0.05, 0.1) is 22.9 Å². The summed E-state index contributed by atoms with van der Waals surface area (Å²) >= 11 is 0. The number of nitrogens with two attached hydrogens (primary N) is 1. The summed E-state index contributed by atoms with van der Waals surface area (Å²) < 4.78 is 67.9. The van der Waals surface area contributed by atoms with E-state index in [-0.39, 0.29) is 42.8 Å². The molecule has 0 heterocycles. The fourth-order valence-corrected chi connectivity index (χ4v) is 2.51. The predicted octanol–water partition coefficient (Wildman–Crippen LogP) is 4.05. The van der Waals surface area contributed by atoms with Crippen LogP contribution in [0.5, 0.6) is 5.75 Å². The number of nitrogens with one attached hydrogen (secondary N) is 2. The Morgan fingerprint density at radius 2 is 1.96 bits per heavy atom. The number of amides is 1. The molecular formula is C17H24F5N3O2. The van der Waals surface area contributed by atoms with Crippen molar-refractivity contribution in [3.05, 3.63) is 17.7 Å². The molecule has 0 bridgehead atoms. The van der Waals surface area contributed by atoms with Crippen molar-refractivity contribution in [2.75, 3.05) is 31.2 Å². The van der Waals surface area contributed by atoms with Gasteiger partial charge < -0.3 is 21.1 Å². The Balaban J connectivity index is 2.76. The van der Waals surface area contributed by atoms with E-state index in [1.165, 1.54) is 19.1 Å². The van der Waals surface area contributed by atoms with Gasteiger partial charge in [-0.2, -0.15) is 13.2 Å². The van der Waals surface area contributed by atoms with E-state index in [0.717, 1.165) is 0 Å². The third-order valence-electron chi connectivity index (χ3n) is 4.00. The largest absolute Gasteiger partial charge is 0.487 e. The highest BCUT2D eigenvalue weighted by molar-refractivity contribution is 5.99. The highest BCUT2D eigenvalue weighted by Gasteiger charge is 2.37. The molecule has 27 heavy (non-hydrogen) atoms. The lowest BCUT2D eigenvalue weighted by atomic mass is 10.00. The minimum Gasteiger partial charge on any atom is -0.487 e. The summed E-state index contributed by atoms with van der Waals surface area (Å²) in [6.07, 6.45) is -7.03. The van der Waals surface area contributed by atoms with Crippen LogP contribution < -0.4 is 21.1 Å². The second-order valence-corrected chi connectivity index (χ2v) is 5.93. The summed E-state index contributed by atoms with van der Waals surface area (Å²) in [5.74, 6) is -2.17. The average molecular weight is 397 g/mol. The zero-order valence-corrected chi connectivity index (χ0v) is 15.1. The van der Waals surface area contributed by atoms with E-state index in [1.807, 2.05) is 0 Å². The second kappa shape index (κ2) is 10.2. The van der Waals surface area contributed by atoms with Crippen LogP contribution in [-0.2, 0) is 0 Å². The van der Waals surface area contributed by atoms with Crippen molar-refractivity contribution in [2.24, 2.45) is 5.92 Å². The highest BCUT2D eigenvalue weighted by Crippen LogP contribution is 2.32. The monoisotopic (exact) mass is 397 g/mol. The Labute approximate surface area is 154 Å². The molecule has 0 radical (unpaired) electrons. The van der Waals surface area contributed by atoms with Crippen LogP contribution in [0.2, 0.25) is 0 Å². The van der Waals surface area contributed by atoms with Gasteiger partial charge in [0.2, 0.25) is 0 Å². The zero-order chi connectivity index (χ0) is 20.6. The van der Waals surface area contributed by atoms with Gasteiger partial charge in [-0.25, -0.2) is 8.78 Å². The maximum atomic E-state index is 12.7. The topological polar surface area (TPSA) is 76.4 Å². The number of benzene rings is 1. The first-order valence-corrected chi connectivity index (χ1v) is 8.47. The summed E-state index contributed by atoms with van der Waals surface area (Å²) in [6, 6.07) is 2.59. The SMILES string of the molecule is CCC(CCCNC(=O)c1cc(N)c(NC)cc1OCC(F)F)C(F)(F)F. The van der Waals surface area contributed by atoms with Crippen LogP contribution in [0.1, 0.15) is 36.5 Å². The number of hydrogen-bond acceptors (Lipinski definition) is 4. The molecule has 4 N–H and O–H groups in total. The van der Waals surface area contributed by atoms with Crippen molar-refractivity contribution in [2.45, 2.75) is 38.8 Å². The zero-order valence-electron chi connectivity index (χ0n) is 15.1. The Bertz CT molecular complexity index is 623. The van der Waals surface area contributed by atoms with Gasteiger partial charge in [0.1, 0.15) is 12.4 Å². The Hall–Kier alpha value is -2.26. The number of nitrogen functional groups attached to an aromatic ring is 1. The smallest absolute Gasteiger partial charge is 0.391 e. The Morgan fingerprint density at radius 3 is 2.48 bits per heavy atom. The highest BCUT2D eigenvalue weighted by atomic mass is 19.4. The van der Waals surface area contributed by atoms with Crippen LogP contribution in [0.15, 0.2) is 12.1 Å². The molecule has 1 aromatic rings. The fraction of sp³-hybridized carbons (Fsp3) is 0.588. The van der Waals surface area contributed by atoms with Crippen molar-refractivity contribution < 1.29 is 31.5 Å². The van der Waals surface area contributed by atoms with Crippen molar-refractivity contribution in [3.63, 3.8) is 0 Å². The second-order valence-electron chi connectivity index (χ2n) is 5.93. The molecule has 154 valence electrons. The quantitative estimate of drug-likeness (QED) is 0.316. The first kappa shape index (κ1) is 22.8. The Kier molecular flexibility index (Phi) is 8.58. The molecule has 1 aromatic carbocycles. The van der Waals surface area contributed by atoms with Gasteiger partial charge in [-0.1, -0.05) is 6.92 Å². The maximum Gasteiger partial charge on any atom is 0.391 e. The number of rotatable bonds is 10. The molecule has 1 atom stereocenters. The van der Waals surface area contributed by atoms with Gasteiger partial charge >= 0.3 is 6.18 Å². The molecule has 0 spiro atoms. The Morgan fingerprint density at radius 1 is 1.30 bits per heavy atom. The standard InChI is InChI=1S/C17H24F5N3O2/c1-3-10(17(20,21)22)5-4-6-25-16(26)11-7-12(23)13(24-2)8-14(11)27-9-15(18)19/h7-8,10,15,24H,3-6,9,23H2,1-2H3,(H,25,26). The van der Waals surface area contributed by atoms with E-state index in [1.54, 1.807) is 7.05 Å². The van der Waals surface area contributed by atoms with Gasteiger partial charge in [0, 0.05) is 19.7 Å². The third kappa shape index (κ3) is 7.10. The van der Waals surface area contributed by atoms with Gasteiger partial charge in [-0.3, -0.25) is 4.79 Å². The van der Waals surface area contributed by atoms with E-state index in [4.69, 9.17) is 10.5 Å². The molecular weight excluding hydrogens is 373 g/mol. The van der Waals surface area contributed by atoms with Crippen LogP contribution >= 0.6 is 0 Å². The molecule has 1 amide bonds. The molecule has 0 aliphatic rings. The van der Waals surface area contributed by atoms with Crippen molar-refractivity contribution in [1.82, 2.24) is 5.32 Å². The van der Waals surface area contributed by atoms with Crippen LogP contribution in [0.3, 0.4) is 0 Å². The molecule has 0 aliphatic carbocycles. The van der Waals surface area contributed by atoms with E-state index in [0.29, 0.717) is 5.69 Å². The lowest BCUT2D eigenvalue weighted by Crippen LogP contribution is -2.28.